The first-order valence-electron chi connectivity index (χ1n) is 11.4. The van der Waals surface area contributed by atoms with Crippen LogP contribution in [0.2, 0.25) is 0 Å². The number of aromatic nitrogens is 2. The first-order chi connectivity index (χ1) is 18.1. The van der Waals surface area contributed by atoms with E-state index in [0.29, 0.717) is 17.3 Å². The summed E-state index contributed by atoms with van der Waals surface area (Å²) < 4.78 is 83.8. The summed E-state index contributed by atoms with van der Waals surface area (Å²) in [7, 11) is -2.70. The van der Waals surface area contributed by atoms with Crippen LogP contribution in [0.4, 0.5) is 19.0 Å². The molecule has 3 heterocycles. The maximum absolute atomic E-state index is 15.3. The van der Waals surface area contributed by atoms with Crippen LogP contribution in [0.3, 0.4) is 0 Å². The standard InChI is InChI=1S/C25H21F3N4O5S/c1-14-7-21-15(13-31(14)38(34,35)30-24-5-6-37-29-24)3-4-25(33)32(21)22-12-20(28)19(11-23(22)36-2)16-8-17(26)10-18(27)9-16/h3-6,8-12,14H,7,13H2,1-2H3,(H,29,30)/t14-/m1/s1. The summed E-state index contributed by atoms with van der Waals surface area (Å²) in [4.78, 5) is 13.0. The van der Waals surface area contributed by atoms with Crippen molar-refractivity contribution >= 4 is 16.0 Å². The zero-order chi connectivity index (χ0) is 27.2. The van der Waals surface area contributed by atoms with E-state index in [1.54, 1.807) is 6.92 Å². The molecule has 1 aliphatic heterocycles. The summed E-state index contributed by atoms with van der Waals surface area (Å²) in [5.41, 5.74) is 0.409. The normalized spacial score (nSPS) is 15.8. The van der Waals surface area contributed by atoms with Crippen molar-refractivity contribution in [1.29, 1.82) is 0 Å². The van der Waals surface area contributed by atoms with Gasteiger partial charge in [0, 0.05) is 54.5 Å². The van der Waals surface area contributed by atoms with Gasteiger partial charge in [-0.3, -0.25) is 14.1 Å². The molecule has 2 aromatic carbocycles. The maximum Gasteiger partial charge on any atom is 0.303 e. The molecule has 13 heteroatoms. The molecule has 0 aliphatic carbocycles. The molecule has 0 amide bonds. The molecular formula is C25H21F3N4O5S. The van der Waals surface area contributed by atoms with E-state index in [1.165, 1.54) is 46.5 Å². The minimum Gasteiger partial charge on any atom is -0.495 e. The number of benzene rings is 2. The average Bonchev–Trinajstić information content (AvgIpc) is 3.35. The predicted molar refractivity (Wildman–Crippen MR) is 132 cm³/mol. The molecular weight excluding hydrogens is 525 g/mol. The van der Waals surface area contributed by atoms with Gasteiger partial charge in [-0.05, 0) is 36.2 Å². The van der Waals surface area contributed by atoms with Gasteiger partial charge in [-0.1, -0.05) is 11.2 Å². The van der Waals surface area contributed by atoms with E-state index >= 15 is 4.39 Å². The predicted octanol–water partition coefficient (Wildman–Crippen LogP) is 4.02. The third-order valence-corrected chi connectivity index (χ3v) is 7.83. The minimum absolute atomic E-state index is 0.0199. The van der Waals surface area contributed by atoms with Gasteiger partial charge in [0.25, 0.3) is 5.56 Å². The Morgan fingerprint density at radius 2 is 1.82 bits per heavy atom. The van der Waals surface area contributed by atoms with Crippen LogP contribution in [0.15, 0.2) is 64.1 Å². The Hall–Kier alpha value is -4.10. The molecule has 9 nitrogen and oxygen atoms in total. The van der Waals surface area contributed by atoms with Crippen LogP contribution in [0.25, 0.3) is 16.8 Å². The lowest BCUT2D eigenvalue weighted by Crippen LogP contribution is -2.46. The number of hydrogen-bond acceptors (Lipinski definition) is 6. The lowest BCUT2D eigenvalue weighted by molar-refractivity contribution is 0.305. The Balaban J connectivity index is 1.58. The summed E-state index contributed by atoms with van der Waals surface area (Å²) >= 11 is 0. The highest BCUT2D eigenvalue weighted by atomic mass is 32.2. The number of rotatable bonds is 6. The molecule has 4 aromatic rings. The van der Waals surface area contributed by atoms with Crippen molar-refractivity contribution in [3.05, 3.63) is 93.9 Å². The Morgan fingerprint density at radius 1 is 1.08 bits per heavy atom. The zero-order valence-electron chi connectivity index (χ0n) is 20.1. The van der Waals surface area contributed by atoms with Gasteiger partial charge in [-0.25, -0.2) is 13.2 Å². The molecule has 198 valence electrons. The second kappa shape index (κ2) is 9.65. The van der Waals surface area contributed by atoms with Crippen LogP contribution in [0, 0.1) is 17.5 Å². The number of pyridine rings is 1. The number of nitrogens with one attached hydrogen (secondary N) is 1. The van der Waals surface area contributed by atoms with Crippen molar-refractivity contribution in [2.24, 2.45) is 0 Å². The highest BCUT2D eigenvalue weighted by Gasteiger charge is 2.34. The van der Waals surface area contributed by atoms with Gasteiger partial charge in [0.2, 0.25) is 0 Å². The van der Waals surface area contributed by atoms with E-state index < -0.39 is 39.3 Å². The van der Waals surface area contributed by atoms with Gasteiger partial charge in [-0.2, -0.15) is 12.7 Å². The van der Waals surface area contributed by atoms with Gasteiger partial charge in [0.15, 0.2) is 5.82 Å². The summed E-state index contributed by atoms with van der Waals surface area (Å²) in [5, 5.41) is 3.57. The maximum atomic E-state index is 15.3. The lowest BCUT2D eigenvalue weighted by Gasteiger charge is -2.34. The van der Waals surface area contributed by atoms with Crippen molar-refractivity contribution < 1.29 is 30.8 Å². The van der Waals surface area contributed by atoms with Crippen molar-refractivity contribution in [1.82, 2.24) is 14.0 Å². The Bertz CT molecular complexity index is 1670. The van der Waals surface area contributed by atoms with Gasteiger partial charge in [0.1, 0.15) is 29.5 Å². The molecule has 1 aliphatic rings. The molecule has 1 atom stereocenters. The minimum atomic E-state index is -4.02. The van der Waals surface area contributed by atoms with Crippen LogP contribution in [0.5, 0.6) is 5.75 Å². The van der Waals surface area contributed by atoms with E-state index in [9.17, 15) is 22.0 Å². The van der Waals surface area contributed by atoms with E-state index in [4.69, 9.17) is 4.74 Å². The van der Waals surface area contributed by atoms with Crippen molar-refractivity contribution in [3.63, 3.8) is 0 Å². The fourth-order valence-corrected chi connectivity index (χ4v) is 5.89. The zero-order valence-corrected chi connectivity index (χ0v) is 20.9. The molecule has 0 saturated carbocycles. The van der Waals surface area contributed by atoms with Crippen molar-refractivity contribution in [2.75, 3.05) is 11.8 Å². The van der Waals surface area contributed by atoms with Gasteiger partial charge >= 0.3 is 10.2 Å². The third kappa shape index (κ3) is 4.65. The quantitative estimate of drug-likeness (QED) is 0.392. The summed E-state index contributed by atoms with van der Waals surface area (Å²) in [5.74, 6) is -2.48. The number of nitrogens with zero attached hydrogens (tertiary/aromatic N) is 3. The third-order valence-electron chi connectivity index (χ3n) is 6.26. The molecule has 38 heavy (non-hydrogen) atoms. The van der Waals surface area contributed by atoms with E-state index in [-0.39, 0.29) is 41.3 Å². The largest absolute Gasteiger partial charge is 0.495 e. The second-order valence-electron chi connectivity index (χ2n) is 8.73. The molecule has 1 N–H and O–H groups in total. The van der Waals surface area contributed by atoms with Crippen LogP contribution in [-0.4, -0.2) is 35.6 Å². The molecule has 0 radical (unpaired) electrons. The second-order valence-corrected chi connectivity index (χ2v) is 10.4. The number of methoxy groups -OCH3 is 1. The lowest BCUT2D eigenvalue weighted by atomic mass is 10.00. The summed E-state index contributed by atoms with van der Waals surface area (Å²) in [6, 6.07) is 8.50. The Kier molecular flexibility index (Phi) is 6.49. The van der Waals surface area contributed by atoms with E-state index in [1.807, 2.05) is 0 Å². The number of anilines is 1. The highest BCUT2D eigenvalue weighted by molar-refractivity contribution is 7.90. The number of fused-ring (bicyclic) bond motifs is 1. The fourth-order valence-electron chi connectivity index (χ4n) is 4.54. The number of halogens is 3. The first kappa shape index (κ1) is 25.5. The number of hydrogen-bond donors (Lipinski definition) is 1. The van der Waals surface area contributed by atoms with E-state index in [2.05, 4.69) is 14.4 Å². The molecule has 0 saturated heterocycles. The summed E-state index contributed by atoms with van der Waals surface area (Å²) in [6.07, 6.45) is 1.35. The molecule has 2 aromatic heterocycles. The number of ether oxygens (including phenoxy) is 1. The molecule has 0 spiro atoms. The molecule has 5 rings (SSSR count). The fraction of sp³-hybridized carbons (Fsp3) is 0.200. The van der Waals surface area contributed by atoms with Crippen molar-refractivity contribution in [3.8, 4) is 22.6 Å². The smallest absolute Gasteiger partial charge is 0.303 e. The molecule has 0 unspecified atom stereocenters. The van der Waals surface area contributed by atoms with E-state index in [0.717, 1.165) is 18.2 Å². The summed E-state index contributed by atoms with van der Waals surface area (Å²) in [6.45, 7) is 1.60. The van der Waals surface area contributed by atoms with Crippen LogP contribution >= 0.6 is 0 Å². The van der Waals surface area contributed by atoms with Crippen molar-refractivity contribution in [2.45, 2.75) is 25.9 Å². The Labute approximate surface area is 215 Å². The van der Waals surface area contributed by atoms with Gasteiger partial charge in [-0.15, -0.1) is 0 Å². The van der Waals surface area contributed by atoms with Crippen LogP contribution < -0.4 is 15.0 Å². The van der Waals surface area contributed by atoms with Crippen LogP contribution in [0.1, 0.15) is 18.2 Å². The molecule has 0 fully saturated rings. The topological polar surface area (TPSA) is 107 Å². The van der Waals surface area contributed by atoms with Gasteiger partial charge in [0.05, 0.1) is 12.8 Å². The monoisotopic (exact) mass is 546 g/mol. The first-order valence-corrected chi connectivity index (χ1v) is 12.8. The van der Waals surface area contributed by atoms with Gasteiger partial charge < -0.3 is 9.26 Å². The van der Waals surface area contributed by atoms with Crippen LogP contribution in [-0.2, 0) is 23.2 Å². The Morgan fingerprint density at radius 3 is 2.47 bits per heavy atom. The highest BCUT2D eigenvalue weighted by Crippen LogP contribution is 2.35. The SMILES string of the molecule is COc1cc(-c2cc(F)cc(F)c2)c(F)cc1-n1c2c(ccc1=O)CN(S(=O)(=O)Nc1ccon1)[C@H](C)C2. The average molecular weight is 547 g/mol. The molecule has 0 bridgehead atoms.